The van der Waals surface area contributed by atoms with Crippen LogP contribution in [0.2, 0.25) is 0 Å². The van der Waals surface area contributed by atoms with Crippen molar-refractivity contribution in [2.45, 2.75) is 27.3 Å². The summed E-state index contributed by atoms with van der Waals surface area (Å²) in [6, 6.07) is 9.34. The van der Waals surface area contributed by atoms with Crippen molar-refractivity contribution in [3.63, 3.8) is 0 Å². The molecule has 0 unspecified atom stereocenters. The van der Waals surface area contributed by atoms with E-state index in [2.05, 4.69) is 27.1 Å². The van der Waals surface area contributed by atoms with Crippen LogP contribution in [0.1, 0.15) is 29.8 Å². The lowest BCUT2D eigenvalue weighted by molar-refractivity contribution is 0.102. The van der Waals surface area contributed by atoms with Crippen LogP contribution < -0.4 is 15.8 Å². The lowest BCUT2D eigenvalue weighted by Crippen LogP contribution is -2.44. The van der Waals surface area contributed by atoms with Crippen molar-refractivity contribution in [2.75, 3.05) is 43.4 Å². The first-order valence-electron chi connectivity index (χ1n) is 11.3. The van der Waals surface area contributed by atoms with E-state index in [0.717, 1.165) is 37.4 Å². The fourth-order valence-corrected chi connectivity index (χ4v) is 4.23. The van der Waals surface area contributed by atoms with Crippen molar-refractivity contribution in [2.24, 2.45) is 5.92 Å². The van der Waals surface area contributed by atoms with E-state index in [1.165, 1.54) is 0 Å². The number of fused-ring (bicyclic) bond motifs is 1. The number of halogens is 1. The van der Waals surface area contributed by atoms with Gasteiger partial charge in [-0.25, -0.2) is 4.98 Å². The van der Waals surface area contributed by atoms with Crippen LogP contribution in [-0.4, -0.2) is 58.7 Å². The number of pyridine rings is 2. The molecular weight excluding hydrogens is 454 g/mol. The van der Waals surface area contributed by atoms with Crippen LogP contribution in [0.5, 0.6) is 5.75 Å². The largest absolute Gasteiger partial charge is 0.506 e. The molecule has 1 saturated heterocycles. The van der Waals surface area contributed by atoms with Gasteiger partial charge in [0.2, 0.25) is 0 Å². The summed E-state index contributed by atoms with van der Waals surface area (Å²) in [7, 11) is 2.10. The minimum Gasteiger partial charge on any atom is -0.506 e. The molecule has 0 aliphatic carbocycles. The SMILES string of the molecule is Cc1cccnc1NC(=O)c1c(O)c2cc(N3CCN(C)CC3)ccc2n(CC(C)C)c1=O.Cl. The zero-order valence-corrected chi connectivity index (χ0v) is 20.9. The number of nitrogens with one attached hydrogen (secondary N) is 1. The van der Waals surface area contributed by atoms with Crippen molar-refractivity contribution in [3.8, 4) is 5.75 Å². The van der Waals surface area contributed by atoms with Gasteiger partial charge >= 0.3 is 0 Å². The monoisotopic (exact) mass is 485 g/mol. The summed E-state index contributed by atoms with van der Waals surface area (Å²) in [5.74, 6) is -0.412. The van der Waals surface area contributed by atoms with Crippen molar-refractivity contribution in [1.82, 2.24) is 14.5 Å². The average Bonchev–Trinajstić information content (AvgIpc) is 2.78. The van der Waals surface area contributed by atoms with Gasteiger partial charge in [0.05, 0.1) is 5.52 Å². The summed E-state index contributed by atoms with van der Waals surface area (Å²) < 4.78 is 1.59. The molecule has 0 radical (unpaired) electrons. The van der Waals surface area contributed by atoms with Gasteiger partial charge in [-0.1, -0.05) is 19.9 Å². The third kappa shape index (κ3) is 5.03. The number of anilines is 2. The summed E-state index contributed by atoms with van der Waals surface area (Å²) in [5.41, 5.74) is 1.59. The first kappa shape index (κ1) is 25.5. The molecule has 1 aliphatic heterocycles. The highest BCUT2D eigenvalue weighted by atomic mass is 35.5. The molecule has 2 aromatic heterocycles. The smallest absolute Gasteiger partial charge is 0.267 e. The van der Waals surface area contributed by atoms with Crippen LogP contribution in [0.15, 0.2) is 41.3 Å². The van der Waals surface area contributed by atoms with Crippen LogP contribution in [-0.2, 0) is 6.54 Å². The van der Waals surface area contributed by atoms with Gasteiger partial charge in [-0.3, -0.25) is 9.59 Å². The lowest BCUT2D eigenvalue weighted by Gasteiger charge is -2.34. The molecule has 2 N–H and O–H groups in total. The summed E-state index contributed by atoms with van der Waals surface area (Å²) >= 11 is 0. The van der Waals surface area contributed by atoms with Gasteiger partial charge in [-0.05, 0) is 49.7 Å². The molecule has 3 aromatic rings. The highest BCUT2D eigenvalue weighted by molar-refractivity contribution is 6.09. The molecule has 0 bridgehead atoms. The van der Waals surface area contributed by atoms with E-state index in [0.29, 0.717) is 23.3 Å². The number of aromatic hydroxyl groups is 1. The Morgan fingerprint density at radius 1 is 1.18 bits per heavy atom. The number of likely N-dealkylation sites (N-methyl/N-ethyl adjacent to an activating group) is 1. The molecule has 4 rings (SSSR count). The zero-order valence-electron chi connectivity index (χ0n) is 20.0. The van der Waals surface area contributed by atoms with Crippen LogP contribution in [0.4, 0.5) is 11.5 Å². The highest BCUT2D eigenvalue weighted by Crippen LogP contribution is 2.31. The van der Waals surface area contributed by atoms with Crippen molar-refractivity contribution in [1.29, 1.82) is 0 Å². The molecule has 182 valence electrons. The number of piperazine rings is 1. The average molecular weight is 486 g/mol. The van der Waals surface area contributed by atoms with E-state index in [9.17, 15) is 14.7 Å². The number of rotatable bonds is 5. The predicted molar refractivity (Wildman–Crippen MR) is 139 cm³/mol. The van der Waals surface area contributed by atoms with Gasteiger partial charge in [0, 0.05) is 50.0 Å². The topological polar surface area (TPSA) is 90.7 Å². The Labute approximate surface area is 205 Å². The van der Waals surface area contributed by atoms with Gasteiger partial charge in [0.15, 0.2) is 0 Å². The maximum absolute atomic E-state index is 13.4. The fraction of sp³-hybridized carbons (Fsp3) is 0.400. The third-order valence-corrected chi connectivity index (χ3v) is 6.11. The van der Waals surface area contributed by atoms with E-state index in [1.54, 1.807) is 16.8 Å². The number of hydrogen-bond donors (Lipinski definition) is 2. The van der Waals surface area contributed by atoms with Gasteiger partial charge in [0.1, 0.15) is 17.1 Å². The number of aryl methyl sites for hydroxylation is 1. The van der Waals surface area contributed by atoms with Crippen molar-refractivity contribution in [3.05, 3.63) is 58.0 Å². The zero-order chi connectivity index (χ0) is 23.7. The Bertz CT molecular complexity index is 1250. The van der Waals surface area contributed by atoms with E-state index in [4.69, 9.17) is 0 Å². The molecule has 0 spiro atoms. The first-order valence-corrected chi connectivity index (χ1v) is 11.3. The molecule has 3 heterocycles. The van der Waals surface area contributed by atoms with Crippen molar-refractivity contribution < 1.29 is 9.90 Å². The van der Waals surface area contributed by atoms with E-state index in [1.807, 2.05) is 45.0 Å². The van der Waals surface area contributed by atoms with Crippen molar-refractivity contribution >= 4 is 40.7 Å². The Balaban J connectivity index is 0.00000324. The number of carbonyl (C=O) groups is 1. The summed E-state index contributed by atoms with van der Waals surface area (Å²) in [5, 5.41) is 14.3. The number of amides is 1. The molecule has 9 heteroatoms. The van der Waals surface area contributed by atoms with Crippen LogP contribution >= 0.6 is 12.4 Å². The van der Waals surface area contributed by atoms with Gasteiger partial charge in [-0.2, -0.15) is 0 Å². The maximum Gasteiger partial charge on any atom is 0.267 e. The Morgan fingerprint density at radius 3 is 2.53 bits per heavy atom. The molecule has 1 aliphatic rings. The standard InChI is InChI=1S/C25H31N5O3.ClH/c1-16(2)15-30-20-8-7-18(29-12-10-28(4)11-13-29)14-19(20)22(31)21(25(30)33)24(32)27-23-17(3)6-5-9-26-23;/h5-9,14,16,31H,10-13,15H2,1-4H3,(H,26,27,32);1H. The Morgan fingerprint density at radius 2 is 1.88 bits per heavy atom. The van der Waals surface area contributed by atoms with Gasteiger partial charge in [0.25, 0.3) is 11.5 Å². The third-order valence-electron chi connectivity index (χ3n) is 6.11. The fourth-order valence-electron chi connectivity index (χ4n) is 4.23. The number of benzene rings is 1. The summed E-state index contributed by atoms with van der Waals surface area (Å²) in [6.45, 7) is 9.94. The second kappa shape index (κ2) is 10.4. The quantitative estimate of drug-likeness (QED) is 0.575. The molecule has 1 aromatic carbocycles. The molecule has 8 nitrogen and oxygen atoms in total. The molecule has 0 saturated carbocycles. The maximum atomic E-state index is 13.4. The number of carbonyl (C=O) groups excluding carboxylic acids is 1. The van der Waals surface area contributed by atoms with E-state index >= 15 is 0 Å². The number of hydrogen-bond acceptors (Lipinski definition) is 6. The summed E-state index contributed by atoms with van der Waals surface area (Å²) in [6.07, 6.45) is 1.57. The summed E-state index contributed by atoms with van der Waals surface area (Å²) in [4.78, 5) is 35.3. The minimum absolute atomic E-state index is 0. The Kier molecular flexibility index (Phi) is 7.84. The Hall–Kier alpha value is -3.10. The molecule has 0 atom stereocenters. The molecule has 34 heavy (non-hydrogen) atoms. The minimum atomic E-state index is -0.663. The molecule has 1 fully saturated rings. The number of nitrogens with zero attached hydrogens (tertiary/aromatic N) is 4. The first-order chi connectivity index (χ1) is 15.8. The normalized spacial score (nSPS) is 14.3. The van der Waals surface area contributed by atoms with Crippen LogP contribution in [0.3, 0.4) is 0 Å². The number of aromatic nitrogens is 2. The van der Waals surface area contributed by atoms with Crippen LogP contribution in [0, 0.1) is 12.8 Å². The lowest BCUT2D eigenvalue weighted by atomic mass is 10.1. The predicted octanol–water partition coefficient (Wildman–Crippen LogP) is 3.49. The van der Waals surface area contributed by atoms with E-state index in [-0.39, 0.29) is 29.6 Å². The second-order valence-corrected chi connectivity index (χ2v) is 9.15. The highest BCUT2D eigenvalue weighted by Gasteiger charge is 2.24. The van der Waals surface area contributed by atoms with Gasteiger partial charge in [-0.15, -0.1) is 12.4 Å². The molecule has 1 amide bonds. The van der Waals surface area contributed by atoms with Gasteiger partial charge < -0.3 is 24.8 Å². The second-order valence-electron chi connectivity index (χ2n) is 9.15. The van der Waals surface area contributed by atoms with E-state index < -0.39 is 11.5 Å². The molecular formula is C25H32ClN5O3. The van der Waals surface area contributed by atoms with Crippen LogP contribution in [0.25, 0.3) is 10.9 Å².